The molecular weight excluding hydrogens is 254 g/mol. The van der Waals surface area contributed by atoms with E-state index in [9.17, 15) is 4.55 Å². The summed E-state index contributed by atoms with van der Waals surface area (Å²) in [7, 11) is 0. The Balaban J connectivity index is 2.47. The van der Waals surface area contributed by atoms with Crippen molar-refractivity contribution in [3.8, 4) is 0 Å². The lowest BCUT2D eigenvalue weighted by Gasteiger charge is -2.23. The van der Waals surface area contributed by atoms with Crippen molar-refractivity contribution in [3.63, 3.8) is 0 Å². The largest absolute Gasteiger partial charge is 0.598 e. The highest BCUT2D eigenvalue weighted by Gasteiger charge is 2.25. The van der Waals surface area contributed by atoms with E-state index in [0.29, 0.717) is 0 Å². The van der Waals surface area contributed by atoms with Crippen molar-refractivity contribution in [3.05, 3.63) is 35.4 Å². The third kappa shape index (κ3) is 5.55. The second-order valence-corrected chi connectivity index (χ2v) is 9.02. The van der Waals surface area contributed by atoms with Gasteiger partial charge in [0.15, 0.2) is 0 Å². The molecule has 0 heterocycles. The van der Waals surface area contributed by atoms with Gasteiger partial charge in [-0.3, -0.25) is 0 Å². The molecule has 0 saturated heterocycles. The van der Waals surface area contributed by atoms with Crippen LogP contribution in [0.1, 0.15) is 52.7 Å². The van der Waals surface area contributed by atoms with Crippen LogP contribution in [0.4, 0.5) is 0 Å². The smallest absolute Gasteiger partial charge is 0.136 e. The van der Waals surface area contributed by atoms with E-state index in [-0.39, 0.29) is 10.2 Å². The van der Waals surface area contributed by atoms with Gasteiger partial charge in [0.25, 0.3) is 0 Å². The van der Waals surface area contributed by atoms with Crippen LogP contribution in [0.3, 0.4) is 0 Å². The van der Waals surface area contributed by atoms with Gasteiger partial charge in [0.1, 0.15) is 4.75 Å². The summed E-state index contributed by atoms with van der Waals surface area (Å²) in [6.07, 6.45) is 0.909. The highest BCUT2D eigenvalue weighted by Crippen LogP contribution is 2.22. The molecule has 0 amide bonds. The molecule has 1 aromatic rings. The molecule has 0 aliphatic heterocycles. The highest BCUT2D eigenvalue weighted by molar-refractivity contribution is 7.90. The first-order valence-electron chi connectivity index (χ1n) is 6.85. The quantitative estimate of drug-likeness (QED) is 0.856. The summed E-state index contributed by atoms with van der Waals surface area (Å²) < 4.78 is 14.7. The molecule has 0 saturated carbocycles. The predicted octanol–water partition coefficient (Wildman–Crippen LogP) is 3.58. The molecule has 1 rings (SSSR count). The average Bonchev–Trinajstić information content (AvgIpc) is 2.27. The van der Waals surface area contributed by atoms with Gasteiger partial charge in [0.2, 0.25) is 0 Å². The molecule has 0 aliphatic carbocycles. The van der Waals surface area contributed by atoms with Gasteiger partial charge in [-0.05, 0) is 43.7 Å². The molecule has 0 aliphatic rings. The molecule has 0 fully saturated rings. The molecule has 1 N–H and O–H groups in total. The van der Waals surface area contributed by atoms with E-state index in [2.05, 4.69) is 49.8 Å². The molecule has 0 radical (unpaired) electrons. The fraction of sp³-hybridized carbons (Fsp3) is 0.625. The summed E-state index contributed by atoms with van der Waals surface area (Å²) in [5.74, 6) is 0. The number of rotatable bonds is 4. The monoisotopic (exact) mass is 281 g/mol. The molecule has 0 aromatic heterocycles. The first kappa shape index (κ1) is 16.5. The predicted molar refractivity (Wildman–Crippen MR) is 84.7 cm³/mol. The lowest BCUT2D eigenvalue weighted by atomic mass is 9.86. The van der Waals surface area contributed by atoms with Crippen molar-refractivity contribution in [2.45, 2.75) is 58.1 Å². The summed E-state index contributed by atoms with van der Waals surface area (Å²) in [4.78, 5) is 0. The maximum Gasteiger partial charge on any atom is 0.136 e. The highest BCUT2D eigenvalue weighted by atomic mass is 32.2. The molecule has 0 bridgehead atoms. The van der Waals surface area contributed by atoms with Gasteiger partial charge in [0, 0.05) is 17.9 Å². The van der Waals surface area contributed by atoms with Crippen molar-refractivity contribution < 1.29 is 4.55 Å². The van der Waals surface area contributed by atoms with Crippen LogP contribution >= 0.6 is 0 Å². The molecule has 3 heteroatoms. The molecule has 1 unspecified atom stereocenters. The Kier molecular flexibility index (Phi) is 5.48. The van der Waals surface area contributed by atoms with Crippen LogP contribution in [-0.4, -0.2) is 15.8 Å². The summed E-state index contributed by atoms with van der Waals surface area (Å²) in [5.41, 5.74) is 2.83. The van der Waals surface area contributed by atoms with E-state index in [1.165, 1.54) is 11.1 Å². The van der Waals surface area contributed by atoms with Crippen LogP contribution in [0.2, 0.25) is 0 Å². The van der Waals surface area contributed by atoms with Crippen LogP contribution in [0, 0.1) is 0 Å². The van der Waals surface area contributed by atoms with E-state index in [0.717, 1.165) is 13.0 Å². The van der Waals surface area contributed by atoms with Crippen LogP contribution in [0.25, 0.3) is 0 Å². The maximum absolute atomic E-state index is 11.8. The van der Waals surface area contributed by atoms with Crippen LogP contribution in [0.15, 0.2) is 24.3 Å². The molecule has 0 spiro atoms. The molecular formula is C16H27NOS. The zero-order valence-corrected chi connectivity index (χ0v) is 13.9. The number of hydrogen-bond donors (Lipinski definition) is 1. The standard InChI is InChI=1S/C16H27NOS/c1-15(2,3)14-9-7-13(8-10-14)11-12-17-19(18)16(4,5)6/h7-10,17H,11-12H2,1-6H3. The molecule has 108 valence electrons. The van der Waals surface area contributed by atoms with Gasteiger partial charge >= 0.3 is 0 Å². The van der Waals surface area contributed by atoms with Gasteiger partial charge in [-0.25, -0.2) is 0 Å². The van der Waals surface area contributed by atoms with E-state index in [1.54, 1.807) is 0 Å². The van der Waals surface area contributed by atoms with Gasteiger partial charge in [-0.1, -0.05) is 45.0 Å². The van der Waals surface area contributed by atoms with Gasteiger partial charge in [-0.15, -0.1) is 4.72 Å². The second-order valence-electron chi connectivity index (χ2n) is 6.97. The number of benzene rings is 1. The first-order chi connectivity index (χ1) is 8.60. The fourth-order valence-corrected chi connectivity index (χ4v) is 2.40. The average molecular weight is 281 g/mol. The molecule has 2 nitrogen and oxygen atoms in total. The Morgan fingerprint density at radius 3 is 1.95 bits per heavy atom. The SMILES string of the molecule is CC(C)(C)c1ccc(CCN[S+]([O-])C(C)(C)C)cc1. The van der Waals surface area contributed by atoms with Crippen molar-refractivity contribution in [1.82, 2.24) is 4.72 Å². The van der Waals surface area contributed by atoms with Crippen molar-refractivity contribution in [2.75, 3.05) is 6.54 Å². The van der Waals surface area contributed by atoms with Crippen molar-refractivity contribution in [2.24, 2.45) is 0 Å². The normalized spacial score (nSPS) is 14.5. The maximum atomic E-state index is 11.8. The molecule has 19 heavy (non-hydrogen) atoms. The zero-order chi connectivity index (χ0) is 14.7. The van der Waals surface area contributed by atoms with Gasteiger partial charge in [0.05, 0.1) is 0 Å². The second kappa shape index (κ2) is 6.29. The van der Waals surface area contributed by atoms with Gasteiger partial charge in [-0.2, -0.15) is 0 Å². The Labute approximate surface area is 121 Å². The Morgan fingerprint density at radius 1 is 1.00 bits per heavy atom. The molecule has 1 atom stereocenters. The van der Waals surface area contributed by atoms with E-state index in [1.807, 2.05) is 20.8 Å². The Bertz CT molecular complexity index is 387. The zero-order valence-electron chi connectivity index (χ0n) is 13.0. The number of hydrogen-bond acceptors (Lipinski definition) is 2. The number of nitrogens with one attached hydrogen (secondary N) is 1. The topological polar surface area (TPSA) is 35.1 Å². The summed E-state index contributed by atoms with van der Waals surface area (Å²) in [6, 6.07) is 8.72. The minimum absolute atomic E-state index is 0.198. The van der Waals surface area contributed by atoms with E-state index < -0.39 is 11.4 Å². The summed E-state index contributed by atoms with van der Waals surface area (Å²) in [6.45, 7) is 13.3. The fourth-order valence-electron chi connectivity index (χ4n) is 1.68. The molecule has 1 aromatic carbocycles. The van der Waals surface area contributed by atoms with Crippen LogP contribution < -0.4 is 4.72 Å². The lowest BCUT2D eigenvalue weighted by molar-refractivity contribution is 0.544. The minimum atomic E-state index is -0.979. The summed E-state index contributed by atoms with van der Waals surface area (Å²) >= 11 is -0.979. The van der Waals surface area contributed by atoms with E-state index in [4.69, 9.17) is 0 Å². The minimum Gasteiger partial charge on any atom is -0.598 e. The van der Waals surface area contributed by atoms with Crippen LogP contribution in [-0.2, 0) is 23.2 Å². The first-order valence-corrected chi connectivity index (χ1v) is 8.00. The Hall–Kier alpha value is -0.510. The van der Waals surface area contributed by atoms with Gasteiger partial charge < -0.3 is 4.55 Å². The van der Waals surface area contributed by atoms with Crippen molar-refractivity contribution >= 4 is 11.4 Å². The summed E-state index contributed by atoms with van der Waals surface area (Å²) in [5, 5.41) is 0. The third-order valence-electron chi connectivity index (χ3n) is 3.02. The third-order valence-corrected chi connectivity index (χ3v) is 4.60. The van der Waals surface area contributed by atoms with E-state index >= 15 is 0 Å². The van der Waals surface area contributed by atoms with Crippen LogP contribution in [0.5, 0.6) is 0 Å². The van der Waals surface area contributed by atoms with Crippen molar-refractivity contribution in [1.29, 1.82) is 0 Å². The lowest BCUT2D eigenvalue weighted by Crippen LogP contribution is -2.40. The Morgan fingerprint density at radius 2 is 1.53 bits per heavy atom.